The average molecular weight is 523 g/mol. The quantitative estimate of drug-likeness (QED) is 0.509. The average Bonchev–Trinajstić information content (AvgIpc) is 3.46. The molecule has 1 saturated heterocycles. The normalized spacial score (nSPS) is 22.0. The zero-order valence-corrected chi connectivity index (χ0v) is 19.5. The van der Waals surface area contributed by atoms with E-state index in [0.29, 0.717) is 26.5 Å². The molecule has 1 aromatic heterocycles. The standard InChI is InChI=1S/C23H18ClF3N4O3S/c24-15-3-2-13(16(7-15)23(25,26)27)9-31-17-4-1-12(5-14(17)8-28-31)6-20-21(34)29-22(35-20)30-10-18(32)19(33)11-30/h1-8,18-19,32-33H,9-11H2. The number of carbonyl (C=O) groups excluding carboxylic acids is 1. The zero-order valence-electron chi connectivity index (χ0n) is 17.9. The van der Waals surface area contributed by atoms with Gasteiger partial charge in [0, 0.05) is 23.5 Å². The summed E-state index contributed by atoms with van der Waals surface area (Å²) in [5, 5.41) is 24.8. The molecule has 3 aromatic rings. The van der Waals surface area contributed by atoms with E-state index >= 15 is 0 Å². The minimum atomic E-state index is -4.54. The summed E-state index contributed by atoms with van der Waals surface area (Å²) in [6.45, 7) is 0.305. The maximum atomic E-state index is 13.5. The van der Waals surface area contributed by atoms with Crippen LogP contribution in [0.5, 0.6) is 0 Å². The molecule has 2 unspecified atom stereocenters. The van der Waals surface area contributed by atoms with Crippen molar-refractivity contribution in [3.05, 3.63) is 69.2 Å². The molecule has 182 valence electrons. The summed E-state index contributed by atoms with van der Waals surface area (Å²) in [5.74, 6) is -0.418. The van der Waals surface area contributed by atoms with Crippen LogP contribution in [0.1, 0.15) is 16.7 Å². The van der Waals surface area contributed by atoms with Crippen molar-refractivity contribution in [2.75, 3.05) is 13.1 Å². The number of alkyl halides is 3. The van der Waals surface area contributed by atoms with Crippen LogP contribution in [-0.2, 0) is 17.5 Å². The van der Waals surface area contributed by atoms with E-state index < -0.39 is 29.9 Å². The molecule has 2 N–H and O–H groups in total. The van der Waals surface area contributed by atoms with Crippen LogP contribution in [-0.4, -0.2) is 61.3 Å². The second-order valence-corrected chi connectivity index (χ2v) is 9.72. The molecule has 5 rings (SSSR count). The second kappa shape index (κ2) is 8.98. The third-order valence-corrected chi connectivity index (χ3v) is 7.08. The summed E-state index contributed by atoms with van der Waals surface area (Å²) < 4.78 is 41.8. The number of hydrogen-bond donors (Lipinski definition) is 2. The molecular formula is C23H18ClF3N4O3S. The van der Waals surface area contributed by atoms with Gasteiger partial charge in [0.1, 0.15) is 0 Å². The fourth-order valence-electron chi connectivity index (χ4n) is 4.04. The van der Waals surface area contributed by atoms with E-state index in [-0.39, 0.29) is 30.2 Å². The van der Waals surface area contributed by atoms with Crippen LogP contribution in [0.4, 0.5) is 13.2 Å². The van der Waals surface area contributed by atoms with Gasteiger partial charge in [0.05, 0.1) is 40.9 Å². The summed E-state index contributed by atoms with van der Waals surface area (Å²) in [5.41, 5.74) is 0.583. The van der Waals surface area contributed by atoms with E-state index in [1.807, 2.05) is 0 Å². The molecule has 7 nitrogen and oxygen atoms in total. The van der Waals surface area contributed by atoms with Gasteiger partial charge in [0.15, 0.2) is 5.17 Å². The number of fused-ring (bicyclic) bond motifs is 1. The van der Waals surface area contributed by atoms with Crippen LogP contribution in [0.25, 0.3) is 17.0 Å². The first-order chi connectivity index (χ1) is 16.6. The number of hydrogen-bond acceptors (Lipinski definition) is 6. The van der Waals surface area contributed by atoms with Crippen LogP contribution in [0.2, 0.25) is 5.02 Å². The van der Waals surface area contributed by atoms with Crippen LogP contribution < -0.4 is 0 Å². The highest BCUT2D eigenvalue weighted by molar-refractivity contribution is 8.18. The summed E-state index contributed by atoms with van der Waals surface area (Å²) in [4.78, 5) is 18.4. The Bertz CT molecular complexity index is 1380. The highest BCUT2D eigenvalue weighted by atomic mass is 35.5. The number of aromatic nitrogens is 2. The Labute approximate surface area is 206 Å². The number of halogens is 4. The fraction of sp³-hybridized carbons (Fsp3) is 0.261. The van der Waals surface area contributed by atoms with E-state index in [2.05, 4.69) is 10.1 Å². The lowest BCUT2D eigenvalue weighted by Crippen LogP contribution is -2.26. The van der Waals surface area contributed by atoms with Crippen molar-refractivity contribution in [2.24, 2.45) is 4.99 Å². The number of likely N-dealkylation sites (tertiary alicyclic amines) is 1. The predicted molar refractivity (Wildman–Crippen MR) is 127 cm³/mol. The molecule has 0 aliphatic carbocycles. The van der Waals surface area contributed by atoms with E-state index in [0.717, 1.165) is 17.8 Å². The molecule has 35 heavy (non-hydrogen) atoms. The lowest BCUT2D eigenvalue weighted by atomic mass is 10.1. The minimum absolute atomic E-state index is 0.00707. The smallest absolute Gasteiger partial charge is 0.389 e. The number of β-amino-alcohol motifs (C(OH)–C–C–N with tert-alkyl or cyclic N) is 2. The maximum Gasteiger partial charge on any atom is 0.416 e. The number of amides is 1. The van der Waals surface area contributed by atoms with Gasteiger partial charge < -0.3 is 15.1 Å². The Morgan fingerprint density at radius 1 is 1.14 bits per heavy atom. The lowest BCUT2D eigenvalue weighted by Gasteiger charge is -2.15. The summed E-state index contributed by atoms with van der Waals surface area (Å²) >= 11 is 6.93. The first kappa shape index (κ1) is 23.9. The highest BCUT2D eigenvalue weighted by Gasteiger charge is 2.36. The number of aliphatic imine (C=N–C) groups is 1. The summed E-state index contributed by atoms with van der Waals surface area (Å²) in [6, 6.07) is 8.93. The van der Waals surface area contributed by atoms with E-state index in [4.69, 9.17) is 11.6 Å². The van der Waals surface area contributed by atoms with Crippen molar-refractivity contribution < 1.29 is 28.2 Å². The van der Waals surface area contributed by atoms with Crippen molar-refractivity contribution in [3.63, 3.8) is 0 Å². The van der Waals surface area contributed by atoms with E-state index in [9.17, 15) is 28.2 Å². The topological polar surface area (TPSA) is 91.0 Å². The molecule has 1 fully saturated rings. The molecule has 1 amide bonds. The van der Waals surface area contributed by atoms with Gasteiger partial charge in [-0.05, 0) is 53.2 Å². The molecule has 2 aromatic carbocycles. The van der Waals surface area contributed by atoms with Crippen LogP contribution in [0.3, 0.4) is 0 Å². The Hall–Kier alpha value is -2.86. The number of rotatable bonds is 3. The molecule has 2 aliphatic heterocycles. The van der Waals surface area contributed by atoms with Gasteiger partial charge in [-0.2, -0.15) is 23.3 Å². The second-order valence-electron chi connectivity index (χ2n) is 8.27. The number of thioether (sulfide) groups is 1. The number of nitrogens with zero attached hydrogens (tertiary/aromatic N) is 4. The molecule has 0 bridgehead atoms. The van der Waals surface area contributed by atoms with Gasteiger partial charge in [0.25, 0.3) is 5.91 Å². The number of carbonyl (C=O) groups is 1. The zero-order chi connectivity index (χ0) is 24.9. The molecule has 0 saturated carbocycles. The van der Waals surface area contributed by atoms with Gasteiger partial charge in [-0.1, -0.05) is 23.7 Å². The van der Waals surface area contributed by atoms with Crippen molar-refractivity contribution in [3.8, 4) is 0 Å². The van der Waals surface area contributed by atoms with E-state index in [1.54, 1.807) is 35.4 Å². The van der Waals surface area contributed by atoms with Crippen LogP contribution >= 0.6 is 23.4 Å². The van der Waals surface area contributed by atoms with Crippen molar-refractivity contribution in [1.82, 2.24) is 14.7 Å². The SMILES string of the molecule is O=C1N=C(N2CC(O)C(O)C2)SC1=Cc1ccc2c(cnn2Cc2ccc(Cl)cc2C(F)(F)F)c1. The molecule has 0 spiro atoms. The first-order valence-electron chi connectivity index (χ1n) is 10.5. The number of benzene rings is 2. The minimum Gasteiger partial charge on any atom is -0.389 e. The van der Waals surface area contributed by atoms with Crippen LogP contribution in [0, 0.1) is 0 Å². The van der Waals surface area contributed by atoms with Gasteiger partial charge in [-0.3, -0.25) is 9.48 Å². The maximum absolute atomic E-state index is 13.5. The van der Waals surface area contributed by atoms with Crippen molar-refractivity contribution >= 4 is 51.4 Å². The monoisotopic (exact) mass is 522 g/mol. The first-order valence-corrected chi connectivity index (χ1v) is 11.7. The largest absolute Gasteiger partial charge is 0.416 e. The molecule has 0 radical (unpaired) electrons. The molecule has 2 aliphatic rings. The molecule has 2 atom stereocenters. The third kappa shape index (κ3) is 4.81. The molecule has 3 heterocycles. The molecular weight excluding hydrogens is 505 g/mol. The highest BCUT2D eigenvalue weighted by Crippen LogP contribution is 2.35. The third-order valence-electron chi connectivity index (χ3n) is 5.80. The Kier molecular flexibility index (Phi) is 6.12. The predicted octanol–water partition coefficient (Wildman–Crippen LogP) is 3.76. The van der Waals surface area contributed by atoms with Gasteiger partial charge in [0.2, 0.25) is 0 Å². The summed E-state index contributed by atoms with van der Waals surface area (Å²) in [7, 11) is 0. The Morgan fingerprint density at radius 3 is 2.60 bits per heavy atom. The Morgan fingerprint density at radius 2 is 1.89 bits per heavy atom. The number of amidine groups is 1. The number of aliphatic hydroxyl groups is 2. The lowest BCUT2D eigenvalue weighted by molar-refractivity contribution is -0.138. The number of aliphatic hydroxyl groups excluding tert-OH is 2. The van der Waals surface area contributed by atoms with Crippen molar-refractivity contribution in [2.45, 2.75) is 24.9 Å². The van der Waals surface area contributed by atoms with Gasteiger partial charge in [-0.15, -0.1) is 0 Å². The van der Waals surface area contributed by atoms with Crippen LogP contribution in [0.15, 0.2) is 52.5 Å². The van der Waals surface area contributed by atoms with Gasteiger partial charge >= 0.3 is 6.18 Å². The fourth-order valence-corrected chi connectivity index (χ4v) is 5.15. The Balaban J connectivity index is 1.37. The summed E-state index contributed by atoms with van der Waals surface area (Å²) in [6.07, 6.45) is -3.09. The van der Waals surface area contributed by atoms with Crippen molar-refractivity contribution in [1.29, 1.82) is 0 Å². The molecule has 12 heteroatoms. The van der Waals surface area contributed by atoms with E-state index in [1.165, 1.54) is 16.8 Å². The van der Waals surface area contributed by atoms with Gasteiger partial charge in [-0.25, -0.2) is 0 Å².